The molecule has 19 heavy (non-hydrogen) atoms. The first kappa shape index (κ1) is 13.6. The number of hydrogen-bond donors (Lipinski definition) is 2. The summed E-state index contributed by atoms with van der Waals surface area (Å²) >= 11 is 11.8. The first-order valence-corrected chi connectivity index (χ1v) is 6.34. The fraction of sp³-hybridized carbons (Fsp3) is 0.0769. The zero-order valence-electron chi connectivity index (χ0n) is 10.0. The van der Waals surface area contributed by atoms with Crippen LogP contribution in [0, 0.1) is 0 Å². The summed E-state index contributed by atoms with van der Waals surface area (Å²) in [5.41, 5.74) is 0.773. The number of benzene rings is 1. The molecule has 0 saturated heterocycles. The fourth-order valence-electron chi connectivity index (χ4n) is 1.40. The average molecular weight is 295 g/mol. The van der Waals surface area contributed by atoms with Gasteiger partial charge in [-0.05, 0) is 24.3 Å². The molecule has 4 nitrogen and oxygen atoms in total. The standard InChI is InChI=1S/C13H12Cl2N4/c1-2-6-16-12-5-7-17-13(19-12)18-9-3-4-10(14)11(15)8-9/h2-5,7-8H,1,6H2,(H2,16,17,18,19). The summed E-state index contributed by atoms with van der Waals surface area (Å²) in [6, 6.07) is 7.02. The summed E-state index contributed by atoms with van der Waals surface area (Å²) in [5, 5.41) is 7.13. The number of nitrogens with one attached hydrogen (secondary N) is 2. The highest BCUT2D eigenvalue weighted by molar-refractivity contribution is 6.42. The van der Waals surface area contributed by atoms with Crippen LogP contribution in [0.25, 0.3) is 0 Å². The molecule has 1 heterocycles. The van der Waals surface area contributed by atoms with Crippen molar-refractivity contribution in [3.63, 3.8) is 0 Å². The summed E-state index contributed by atoms with van der Waals surface area (Å²) in [5.74, 6) is 1.20. The third kappa shape index (κ3) is 3.84. The monoisotopic (exact) mass is 294 g/mol. The Hall–Kier alpha value is -1.78. The van der Waals surface area contributed by atoms with Crippen LogP contribution in [0.1, 0.15) is 0 Å². The highest BCUT2D eigenvalue weighted by Gasteiger charge is 2.02. The number of halogens is 2. The maximum atomic E-state index is 5.94. The smallest absolute Gasteiger partial charge is 0.229 e. The van der Waals surface area contributed by atoms with Crippen molar-refractivity contribution in [2.75, 3.05) is 17.2 Å². The van der Waals surface area contributed by atoms with Crippen LogP contribution in [0.5, 0.6) is 0 Å². The van der Waals surface area contributed by atoms with E-state index in [4.69, 9.17) is 23.2 Å². The predicted octanol–water partition coefficient (Wildman–Crippen LogP) is 4.12. The predicted molar refractivity (Wildman–Crippen MR) is 80.5 cm³/mol. The minimum atomic E-state index is 0.479. The lowest BCUT2D eigenvalue weighted by Crippen LogP contribution is -2.03. The van der Waals surface area contributed by atoms with Crippen molar-refractivity contribution in [2.45, 2.75) is 0 Å². The van der Waals surface area contributed by atoms with Crippen LogP contribution in [0.15, 0.2) is 43.1 Å². The molecule has 0 saturated carbocycles. The van der Waals surface area contributed by atoms with Crippen molar-refractivity contribution in [1.29, 1.82) is 0 Å². The highest BCUT2D eigenvalue weighted by atomic mass is 35.5. The number of anilines is 3. The number of nitrogens with zero attached hydrogens (tertiary/aromatic N) is 2. The molecule has 2 N–H and O–H groups in total. The van der Waals surface area contributed by atoms with Crippen molar-refractivity contribution in [3.8, 4) is 0 Å². The molecule has 6 heteroatoms. The van der Waals surface area contributed by atoms with Crippen molar-refractivity contribution in [2.24, 2.45) is 0 Å². The summed E-state index contributed by atoms with van der Waals surface area (Å²) < 4.78 is 0. The Labute approximate surface area is 121 Å². The Morgan fingerprint density at radius 1 is 1.21 bits per heavy atom. The largest absolute Gasteiger partial charge is 0.366 e. The number of aromatic nitrogens is 2. The maximum absolute atomic E-state index is 5.94. The van der Waals surface area contributed by atoms with Crippen LogP contribution in [0.2, 0.25) is 10.0 Å². The van der Waals surface area contributed by atoms with E-state index in [1.165, 1.54) is 0 Å². The molecule has 0 bridgehead atoms. The van der Waals surface area contributed by atoms with Gasteiger partial charge >= 0.3 is 0 Å². The van der Waals surface area contributed by atoms with Crippen LogP contribution < -0.4 is 10.6 Å². The summed E-state index contributed by atoms with van der Waals surface area (Å²) in [6.07, 6.45) is 3.42. The quantitative estimate of drug-likeness (QED) is 0.814. The van der Waals surface area contributed by atoms with Crippen LogP contribution in [-0.4, -0.2) is 16.5 Å². The van der Waals surface area contributed by atoms with Crippen LogP contribution in [0.4, 0.5) is 17.5 Å². The second-order valence-electron chi connectivity index (χ2n) is 3.69. The van der Waals surface area contributed by atoms with E-state index in [-0.39, 0.29) is 0 Å². The van der Waals surface area contributed by atoms with Gasteiger partial charge in [-0.1, -0.05) is 29.3 Å². The Morgan fingerprint density at radius 2 is 2.05 bits per heavy atom. The number of rotatable bonds is 5. The summed E-state index contributed by atoms with van der Waals surface area (Å²) in [4.78, 5) is 8.43. The Kier molecular flexibility index (Phi) is 4.60. The topological polar surface area (TPSA) is 49.8 Å². The lowest BCUT2D eigenvalue weighted by molar-refractivity contribution is 1.14. The zero-order chi connectivity index (χ0) is 13.7. The second kappa shape index (κ2) is 6.41. The molecule has 1 aromatic heterocycles. The van der Waals surface area contributed by atoms with Gasteiger partial charge in [-0.15, -0.1) is 6.58 Å². The molecule has 0 spiro atoms. The Morgan fingerprint density at radius 3 is 2.79 bits per heavy atom. The first-order valence-electron chi connectivity index (χ1n) is 5.59. The maximum Gasteiger partial charge on any atom is 0.229 e. The normalized spacial score (nSPS) is 10.0. The molecule has 1 aromatic carbocycles. The van der Waals surface area contributed by atoms with Crippen molar-refractivity contribution >= 4 is 40.7 Å². The lowest BCUT2D eigenvalue weighted by Gasteiger charge is -2.07. The van der Waals surface area contributed by atoms with Crippen molar-refractivity contribution < 1.29 is 0 Å². The van der Waals surface area contributed by atoms with Gasteiger partial charge in [-0.2, -0.15) is 4.98 Å². The highest BCUT2D eigenvalue weighted by Crippen LogP contribution is 2.26. The van der Waals surface area contributed by atoms with Gasteiger partial charge in [0.2, 0.25) is 5.95 Å². The third-order valence-electron chi connectivity index (χ3n) is 2.26. The minimum absolute atomic E-state index is 0.479. The summed E-state index contributed by atoms with van der Waals surface area (Å²) in [7, 11) is 0. The van der Waals surface area contributed by atoms with Gasteiger partial charge in [0.25, 0.3) is 0 Å². The van der Waals surface area contributed by atoms with E-state index >= 15 is 0 Å². The summed E-state index contributed by atoms with van der Waals surface area (Å²) in [6.45, 7) is 4.28. The van der Waals surface area contributed by atoms with E-state index in [9.17, 15) is 0 Å². The van der Waals surface area contributed by atoms with E-state index in [0.717, 1.165) is 11.5 Å². The van der Waals surface area contributed by atoms with E-state index in [1.54, 1.807) is 36.5 Å². The van der Waals surface area contributed by atoms with Crippen LogP contribution in [-0.2, 0) is 0 Å². The number of hydrogen-bond acceptors (Lipinski definition) is 4. The van der Waals surface area contributed by atoms with Gasteiger partial charge in [0, 0.05) is 18.4 Å². The molecule has 0 radical (unpaired) electrons. The molecule has 0 aliphatic rings. The zero-order valence-corrected chi connectivity index (χ0v) is 11.5. The Balaban J connectivity index is 2.13. The van der Waals surface area contributed by atoms with Gasteiger partial charge in [0.1, 0.15) is 5.82 Å². The SMILES string of the molecule is C=CCNc1ccnc(Nc2ccc(Cl)c(Cl)c2)n1. The second-order valence-corrected chi connectivity index (χ2v) is 4.50. The Bertz CT molecular complexity index is 587. The van der Waals surface area contributed by atoms with Gasteiger partial charge in [-0.25, -0.2) is 4.98 Å². The van der Waals surface area contributed by atoms with E-state index in [0.29, 0.717) is 22.5 Å². The van der Waals surface area contributed by atoms with E-state index in [2.05, 4.69) is 27.2 Å². The van der Waals surface area contributed by atoms with Crippen LogP contribution in [0.3, 0.4) is 0 Å². The molecular weight excluding hydrogens is 283 g/mol. The molecule has 0 amide bonds. The molecule has 0 aliphatic carbocycles. The van der Waals surface area contributed by atoms with Crippen LogP contribution >= 0.6 is 23.2 Å². The molecule has 98 valence electrons. The van der Waals surface area contributed by atoms with Gasteiger partial charge in [-0.3, -0.25) is 0 Å². The van der Waals surface area contributed by atoms with E-state index in [1.807, 2.05) is 0 Å². The van der Waals surface area contributed by atoms with Gasteiger partial charge in [0.05, 0.1) is 10.0 Å². The molecule has 0 unspecified atom stereocenters. The van der Waals surface area contributed by atoms with Gasteiger partial charge in [0.15, 0.2) is 0 Å². The van der Waals surface area contributed by atoms with E-state index < -0.39 is 0 Å². The molecule has 2 rings (SSSR count). The molecular formula is C13H12Cl2N4. The minimum Gasteiger partial charge on any atom is -0.366 e. The van der Waals surface area contributed by atoms with Crippen molar-refractivity contribution in [3.05, 3.63) is 53.2 Å². The lowest BCUT2D eigenvalue weighted by atomic mass is 10.3. The van der Waals surface area contributed by atoms with Crippen molar-refractivity contribution in [1.82, 2.24) is 9.97 Å². The average Bonchev–Trinajstić information content (AvgIpc) is 2.41. The molecule has 0 fully saturated rings. The third-order valence-corrected chi connectivity index (χ3v) is 3.00. The van der Waals surface area contributed by atoms with Gasteiger partial charge < -0.3 is 10.6 Å². The molecule has 2 aromatic rings. The molecule has 0 atom stereocenters. The molecule has 0 aliphatic heterocycles. The fourth-order valence-corrected chi connectivity index (χ4v) is 1.70. The first-order chi connectivity index (χ1) is 9.19.